The number of nitrogens with zero attached hydrogens (tertiary/aromatic N) is 1. The Morgan fingerprint density at radius 3 is 3.00 bits per heavy atom. The van der Waals surface area contributed by atoms with Crippen molar-refractivity contribution in [3.63, 3.8) is 0 Å². The highest BCUT2D eigenvalue weighted by atomic mass is 16.5. The zero-order chi connectivity index (χ0) is 12.8. The summed E-state index contributed by atoms with van der Waals surface area (Å²) < 4.78 is 5.46. The molecule has 0 amide bonds. The first-order valence-electron chi connectivity index (χ1n) is 7.77. The highest BCUT2D eigenvalue weighted by molar-refractivity contribution is 4.78. The van der Waals surface area contributed by atoms with Crippen molar-refractivity contribution in [3.05, 3.63) is 0 Å². The van der Waals surface area contributed by atoms with Gasteiger partial charge in [0.25, 0.3) is 0 Å². The molecule has 2 saturated heterocycles. The second-order valence-corrected chi connectivity index (χ2v) is 6.45. The van der Waals surface area contributed by atoms with E-state index in [1.807, 2.05) is 0 Å². The lowest BCUT2D eigenvalue weighted by molar-refractivity contribution is 0.176. The van der Waals surface area contributed by atoms with Gasteiger partial charge in [-0.05, 0) is 57.2 Å². The smallest absolute Gasteiger partial charge is 0.0495 e. The molecule has 3 nitrogen and oxygen atoms in total. The van der Waals surface area contributed by atoms with Crippen molar-refractivity contribution in [1.29, 1.82) is 0 Å². The monoisotopic (exact) mass is 254 g/mol. The van der Waals surface area contributed by atoms with Crippen LogP contribution in [0.1, 0.15) is 39.5 Å². The van der Waals surface area contributed by atoms with Crippen LogP contribution >= 0.6 is 0 Å². The van der Waals surface area contributed by atoms with Gasteiger partial charge in [-0.15, -0.1) is 0 Å². The van der Waals surface area contributed by atoms with Gasteiger partial charge < -0.3 is 15.0 Å². The van der Waals surface area contributed by atoms with Crippen LogP contribution in [0.2, 0.25) is 0 Å². The first kappa shape index (κ1) is 14.3. The number of ether oxygens (including phenoxy) is 1. The molecule has 0 aromatic rings. The molecule has 2 unspecified atom stereocenters. The van der Waals surface area contributed by atoms with E-state index in [-0.39, 0.29) is 0 Å². The largest absolute Gasteiger partial charge is 0.381 e. The maximum atomic E-state index is 5.46. The number of hydrogen-bond donors (Lipinski definition) is 1. The third-order valence-corrected chi connectivity index (χ3v) is 4.20. The minimum atomic E-state index is 0.701. The molecule has 0 saturated carbocycles. The molecule has 2 aliphatic rings. The normalized spacial score (nSPS) is 30.8. The molecule has 0 aromatic heterocycles. The minimum Gasteiger partial charge on any atom is -0.381 e. The van der Waals surface area contributed by atoms with Crippen LogP contribution in [-0.4, -0.2) is 50.3 Å². The summed E-state index contributed by atoms with van der Waals surface area (Å²) in [4.78, 5) is 2.67. The average Bonchev–Trinajstić information content (AvgIpc) is 2.74. The van der Waals surface area contributed by atoms with Gasteiger partial charge in [-0.2, -0.15) is 0 Å². The van der Waals surface area contributed by atoms with Gasteiger partial charge in [-0.3, -0.25) is 0 Å². The van der Waals surface area contributed by atoms with Crippen LogP contribution in [0.25, 0.3) is 0 Å². The molecule has 0 aromatic carbocycles. The summed E-state index contributed by atoms with van der Waals surface area (Å²) in [6, 6.07) is 0.701. The van der Waals surface area contributed by atoms with Crippen LogP contribution in [0.5, 0.6) is 0 Å². The summed E-state index contributed by atoms with van der Waals surface area (Å²) in [6.07, 6.45) is 5.22. The van der Waals surface area contributed by atoms with Gasteiger partial charge in [0.05, 0.1) is 0 Å². The SMILES string of the molecule is CC(C)CC1CN(CCC2CCOC2)CCCN1. The van der Waals surface area contributed by atoms with E-state index in [2.05, 4.69) is 24.1 Å². The zero-order valence-corrected chi connectivity index (χ0v) is 12.2. The van der Waals surface area contributed by atoms with Gasteiger partial charge in [0.2, 0.25) is 0 Å². The van der Waals surface area contributed by atoms with Crippen molar-refractivity contribution in [2.24, 2.45) is 11.8 Å². The van der Waals surface area contributed by atoms with Crippen LogP contribution in [0, 0.1) is 11.8 Å². The fourth-order valence-corrected chi connectivity index (χ4v) is 3.18. The van der Waals surface area contributed by atoms with E-state index in [4.69, 9.17) is 4.74 Å². The Morgan fingerprint density at radius 1 is 1.39 bits per heavy atom. The number of rotatable bonds is 5. The first-order valence-corrected chi connectivity index (χ1v) is 7.77. The highest BCUT2D eigenvalue weighted by Gasteiger charge is 2.21. The van der Waals surface area contributed by atoms with E-state index in [0.717, 1.165) is 25.0 Å². The molecular weight excluding hydrogens is 224 g/mol. The second-order valence-electron chi connectivity index (χ2n) is 6.45. The summed E-state index contributed by atoms with van der Waals surface area (Å²) in [5.41, 5.74) is 0. The lowest BCUT2D eigenvalue weighted by Gasteiger charge is -2.26. The third-order valence-electron chi connectivity index (χ3n) is 4.20. The van der Waals surface area contributed by atoms with E-state index in [1.165, 1.54) is 51.9 Å². The Hall–Kier alpha value is -0.120. The number of hydrogen-bond acceptors (Lipinski definition) is 3. The average molecular weight is 254 g/mol. The third kappa shape index (κ3) is 4.87. The van der Waals surface area contributed by atoms with Gasteiger partial charge in [0.15, 0.2) is 0 Å². The molecular formula is C15H30N2O. The van der Waals surface area contributed by atoms with Crippen LogP contribution in [0.3, 0.4) is 0 Å². The van der Waals surface area contributed by atoms with E-state index in [1.54, 1.807) is 0 Å². The Morgan fingerprint density at radius 2 is 2.28 bits per heavy atom. The molecule has 1 N–H and O–H groups in total. The van der Waals surface area contributed by atoms with Crippen molar-refractivity contribution in [2.45, 2.75) is 45.6 Å². The van der Waals surface area contributed by atoms with E-state index < -0.39 is 0 Å². The van der Waals surface area contributed by atoms with Gasteiger partial charge in [0.1, 0.15) is 0 Å². The molecule has 2 aliphatic heterocycles. The Labute approximate surface area is 112 Å². The fraction of sp³-hybridized carbons (Fsp3) is 1.00. The molecule has 3 heteroatoms. The van der Waals surface area contributed by atoms with Gasteiger partial charge in [-0.25, -0.2) is 0 Å². The predicted molar refractivity (Wildman–Crippen MR) is 75.8 cm³/mol. The maximum absolute atomic E-state index is 5.46. The predicted octanol–water partition coefficient (Wildman–Crippen LogP) is 2.12. The topological polar surface area (TPSA) is 24.5 Å². The molecule has 2 heterocycles. The lowest BCUT2D eigenvalue weighted by Crippen LogP contribution is -2.39. The molecule has 0 bridgehead atoms. The van der Waals surface area contributed by atoms with Crippen molar-refractivity contribution in [2.75, 3.05) is 39.4 Å². The van der Waals surface area contributed by atoms with Crippen molar-refractivity contribution >= 4 is 0 Å². The van der Waals surface area contributed by atoms with Crippen molar-refractivity contribution in [3.8, 4) is 0 Å². The molecule has 2 atom stereocenters. The summed E-state index contributed by atoms with van der Waals surface area (Å²) >= 11 is 0. The molecule has 106 valence electrons. The van der Waals surface area contributed by atoms with E-state index >= 15 is 0 Å². The number of nitrogens with one attached hydrogen (secondary N) is 1. The van der Waals surface area contributed by atoms with E-state index in [9.17, 15) is 0 Å². The summed E-state index contributed by atoms with van der Waals surface area (Å²) in [7, 11) is 0. The maximum Gasteiger partial charge on any atom is 0.0495 e. The van der Waals surface area contributed by atoms with Crippen LogP contribution < -0.4 is 5.32 Å². The standard InChI is InChI=1S/C15H30N2O/c1-13(2)10-15-11-17(7-3-6-16-15)8-4-14-5-9-18-12-14/h13-16H,3-12H2,1-2H3. The Kier molecular flexibility index (Phi) is 5.93. The summed E-state index contributed by atoms with van der Waals surface area (Å²) in [6.45, 7) is 11.6. The molecule has 0 spiro atoms. The second kappa shape index (κ2) is 7.46. The Balaban J connectivity index is 1.72. The fourth-order valence-electron chi connectivity index (χ4n) is 3.18. The van der Waals surface area contributed by atoms with Crippen LogP contribution in [-0.2, 0) is 4.74 Å². The Bertz CT molecular complexity index is 227. The van der Waals surface area contributed by atoms with Gasteiger partial charge in [0, 0.05) is 25.8 Å². The molecule has 0 aliphatic carbocycles. The zero-order valence-electron chi connectivity index (χ0n) is 12.2. The van der Waals surface area contributed by atoms with Crippen molar-refractivity contribution < 1.29 is 4.74 Å². The minimum absolute atomic E-state index is 0.701. The summed E-state index contributed by atoms with van der Waals surface area (Å²) in [5.74, 6) is 1.62. The summed E-state index contributed by atoms with van der Waals surface area (Å²) in [5, 5.41) is 3.70. The molecule has 0 radical (unpaired) electrons. The first-order chi connectivity index (χ1) is 8.74. The van der Waals surface area contributed by atoms with Crippen molar-refractivity contribution in [1.82, 2.24) is 10.2 Å². The van der Waals surface area contributed by atoms with E-state index in [0.29, 0.717) is 6.04 Å². The van der Waals surface area contributed by atoms with Gasteiger partial charge >= 0.3 is 0 Å². The van der Waals surface area contributed by atoms with Crippen LogP contribution in [0.4, 0.5) is 0 Å². The molecule has 2 rings (SSSR count). The quantitative estimate of drug-likeness (QED) is 0.813. The molecule has 2 fully saturated rings. The highest BCUT2D eigenvalue weighted by Crippen LogP contribution is 2.17. The van der Waals surface area contributed by atoms with Crippen LogP contribution in [0.15, 0.2) is 0 Å². The van der Waals surface area contributed by atoms with Gasteiger partial charge in [-0.1, -0.05) is 13.8 Å². The molecule has 18 heavy (non-hydrogen) atoms. The lowest BCUT2D eigenvalue weighted by atomic mass is 10.0.